The van der Waals surface area contributed by atoms with E-state index in [-0.39, 0.29) is 18.3 Å². The van der Waals surface area contributed by atoms with Crippen molar-refractivity contribution in [2.75, 3.05) is 32.4 Å². The van der Waals surface area contributed by atoms with Gasteiger partial charge in [-0.2, -0.15) is 11.8 Å². The van der Waals surface area contributed by atoms with E-state index in [1.807, 2.05) is 35.8 Å². The number of nitrogens with one attached hydrogen (secondary N) is 1. The number of thioether (sulfide) groups is 1. The summed E-state index contributed by atoms with van der Waals surface area (Å²) in [5.41, 5.74) is 2.13. The van der Waals surface area contributed by atoms with E-state index in [2.05, 4.69) is 24.4 Å². The smallest absolute Gasteiger partial charge is 0.253 e. The van der Waals surface area contributed by atoms with Crippen LogP contribution in [0.4, 0.5) is 0 Å². The van der Waals surface area contributed by atoms with Crippen molar-refractivity contribution in [3.63, 3.8) is 0 Å². The van der Waals surface area contributed by atoms with Crippen LogP contribution in [-0.4, -0.2) is 43.2 Å². The number of carbonyl (C=O) groups is 1. The number of amides is 1. The molecule has 5 heteroatoms. The van der Waals surface area contributed by atoms with Crippen LogP contribution in [0.3, 0.4) is 0 Å². The fraction of sp³-hybridized carbons (Fsp3) is 0.611. The highest BCUT2D eigenvalue weighted by Crippen LogP contribution is 2.22. The molecule has 1 aliphatic rings. The number of hydrogen-bond acceptors (Lipinski definition) is 3. The van der Waals surface area contributed by atoms with E-state index in [1.54, 1.807) is 0 Å². The van der Waals surface area contributed by atoms with Gasteiger partial charge >= 0.3 is 0 Å². The second kappa shape index (κ2) is 11.0. The monoisotopic (exact) mass is 356 g/mol. The van der Waals surface area contributed by atoms with Crippen LogP contribution < -0.4 is 5.32 Å². The molecule has 0 bridgehead atoms. The number of carbonyl (C=O) groups excluding carboxylic acids is 1. The van der Waals surface area contributed by atoms with E-state index in [9.17, 15) is 4.79 Å². The molecule has 1 amide bonds. The van der Waals surface area contributed by atoms with Crippen molar-refractivity contribution in [1.29, 1.82) is 0 Å². The molecular formula is C18H29ClN2OS. The first kappa shape index (κ1) is 20.3. The maximum atomic E-state index is 12.6. The lowest BCUT2D eigenvalue weighted by atomic mass is 9.93. The van der Waals surface area contributed by atoms with Crippen molar-refractivity contribution in [3.05, 3.63) is 35.4 Å². The van der Waals surface area contributed by atoms with Gasteiger partial charge in [0.05, 0.1) is 0 Å². The van der Waals surface area contributed by atoms with E-state index in [0.29, 0.717) is 0 Å². The van der Waals surface area contributed by atoms with Crippen LogP contribution in [0.1, 0.15) is 42.1 Å². The summed E-state index contributed by atoms with van der Waals surface area (Å²) in [6, 6.07) is 8.16. The molecule has 0 aliphatic carbocycles. The molecule has 0 spiro atoms. The van der Waals surface area contributed by atoms with Gasteiger partial charge in [-0.1, -0.05) is 19.1 Å². The minimum atomic E-state index is 0. The van der Waals surface area contributed by atoms with Crippen molar-refractivity contribution in [2.45, 2.75) is 31.9 Å². The summed E-state index contributed by atoms with van der Waals surface area (Å²) >= 11 is 1.91. The topological polar surface area (TPSA) is 32.3 Å². The number of rotatable bonds is 7. The Morgan fingerprint density at radius 1 is 1.26 bits per heavy atom. The van der Waals surface area contributed by atoms with Gasteiger partial charge in [0.25, 0.3) is 5.91 Å². The highest BCUT2D eigenvalue weighted by Gasteiger charge is 2.23. The molecular weight excluding hydrogens is 328 g/mol. The van der Waals surface area contributed by atoms with Crippen LogP contribution in [0.5, 0.6) is 0 Å². The van der Waals surface area contributed by atoms with Gasteiger partial charge in [-0.05, 0) is 62.2 Å². The van der Waals surface area contributed by atoms with Crippen molar-refractivity contribution < 1.29 is 4.79 Å². The first-order valence-electron chi connectivity index (χ1n) is 8.35. The average Bonchev–Trinajstić information content (AvgIpc) is 2.58. The normalized spacial score (nSPS) is 15.3. The van der Waals surface area contributed by atoms with Gasteiger partial charge < -0.3 is 10.2 Å². The molecule has 1 aliphatic heterocycles. The predicted molar refractivity (Wildman–Crippen MR) is 103 cm³/mol. The van der Waals surface area contributed by atoms with Crippen LogP contribution >= 0.6 is 24.2 Å². The standard InChI is InChI=1S/C18H28N2OS.ClH/c1-3-22-14-16-4-6-17(7-5-16)18(21)20-12-9-15(10-13-20)8-11-19-2;/h4-7,15,19H,3,8-14H2,1-2H3;1H. The second-order valence-electron chi connectivity index (χ2n) is 5.96. The first-order chi connectivity index (χ1) is 10.7. The number of likely N-dealkylation sites (tertiary alicyclic amines) is 1. The Morgan fingerprint density at radius 2 is 1.91 bits per heavy atom. The van der Waals surface area contributed by atoms with Crippen LogP contribution in [-0.2, 0) is 5.75 Å². The SMILES string of the molecule is CCSCc1ccc(C(=O)N2CCC(CCNC)CC2)cc1.Cl. The van der Waals surface area contributed by atoms with Crippen molar-refractivity contribution in [1.82, 2.24) is 10.2 Å². The minimum absolute atomic E-state index is 0. The summed E-state index contributed by atoms with van der Waals surface area (Å²) in [5.74, 6) is 3.12. The van der Waals surface area contributed by atoms with Crippen LogP contribution in [0, 0.1) is 5.92 Å². The van der Waals surface area contributed by atoms with Crippen molar-refractivity contribution in [3.8, 4) is 0 Å². The van der Waals surface area contributed by atoms with Gasteiger partial charge in [0.1, 0.15) is 0 Å². The third-order valence-electron chi connectivity index (χ3n) is 4.38. The lowest BCUT2D eigenvalue weighted by molar-refractivity contribution is 0.0687. The zero-order valence-corrected chi connectivity index (χ0v) is 15.8. The Labute approximate surface area is 151 Å². The molecule has 1 heterocycles. The largest absolute Gasteiger partial charge is 0.339 e. The van der Waals surface area contributed by atoms with Crippen LogP contribution in [0.2, 0.25) is 0 Å². The van der Waals surface area contributed by atoms with E-state index in [1.165, 1.54) is 12.0 Å². The fourth-order valence-electron chi connectivity index (χ4n) is 2.92. The lowest BCUT2D eigenvalue weighted by Gasteiger charge is -2.32. The predicted octanol–water partition coefficient (Wildman–Crippen LogP) is 3.82. The maximum absolute atomic E-state index is 12.6. The van der Waals surface area contributed by atoms with Crippen molar-refractivity contribution in [2.24, 2.45) is 5.92 Å². The molecule has 0 radical (unpaired) electrons. The highest BCUT2D eigenvalue weighted by molar-refractivity contribution is 7.98. The molecule has 1 saturated heterocycles. The third-order valence-corrected chi connectivity index (χ3v) is 5.32. The van der Waals surface area contributed by atoms with Gasteiger partial charge in [-0.25, -0.2) is 0 Å². The summed E-state index contributed by atoms with van der Waals surface area (Å²) < 4.78 is 0. The van der Waals surface area contributed by atoms with Gasteiger partial charge in [-0.15, -0.1) is 12.4 Å². The molecule has 23 heavy (non-hydrogen) atoms. The fourth-order valence-corrected chi connectivity index (χ4v) is 3.55. The first-order valence-corrected chi connectivity index (χ1v) is 9.50. The Balaban J connectivity index is 0.00000264. The minimum Gasteiger partial charge on any atom is -0.339 e. The van der Waals surface area contributed by atoms with Gasteiger partial charge in [0.15, 0.2) is 0 Å². The van der Waals surface area contributed by atoms with E-state index in [0.717, 1.165) is 55.5 Å². The second-order valence-corrected chi connectivity index (χ2v) is 7.24. The lowest BCUT2D eigenvalue weighted by Crippen LogP contribution is -2.38. The molecule has 0 unspecified atom stereocenters. The summed E-state index contributed by atoms with van der Waals surface area (Å²) in [6.07, 6.45) is 3.50. The van der Waals surface area contributed by atoms with E-state index >= 15 is 0 Å². The summed E-state index contributed by atoms with van der Waals surface area (Å²) in [4.78, 5) is 14.6. The molecule has 0 atom stereocenters. The van der Waals surface area contributed by atoms with Gasteiger partial charge in [0, 0.05) is 24.4 Å². The van der Waals surface area contributed by atoms with E-state index in [4.69, 9.17) is 0 Å². The molecule has 0 saturated carbocycles. The molecule has 1 aromatic rings. The molecule has 130 valence electrons. The van der Waals surface area contributed by atoms with Crippen LogP contribution in [0.25, 0.3) is 0 Å². The van der Waals surface area contributed by atoms with Gasteiger partial charge in [-0.3, -0.25) is 4.79 Å². The third kappa shape index (κ3) is 6.36. The van der Waals surface area contributed by atoms with Crippen molar-refractivity contribution >= 4 is 30.1 Å². The Kier molecular flexibility index (Phi) is 9.68. The number of halogens is 1. The maximum Gasteiger partial charge on any atom is 0.253 e. The zero-order valence-electron chi connectivity index (χ0n) is 14.2. The Morgan fingerprint density at radius 3 is 2.48 bits per heavy atom. The molecule has 0 aromatic heterocycles. The quantitative estimate of drug-likeness (QED) is 0.806. The summed E-state index contributed by atoms with van der Waals surface area (Å²) in [7, 11) is 2.00. The number of piperidine rings is 1. The Bertz CT molecular complexity index is 459. The molecule has 3 nitrogen and oxygen atoms in total. The van der Waals surface area contributed by atoms with Crippen LogP contribution in [0.15, 0.2) is 24.3 Å². The van der Waals surface area contributed by atoms with Gasteiger partial charge in [0.2, 0.25) is 0 Å². The summed E-state index contributed by atoms with van der Waals surface area (Å²) in [6.45, 7) is 5.06. The summed E-state index contributed by atoms with van der Waals surface area (Å²) in [5, 5.41) is 3.21. The molecule has 1 fully saturated rings. The van der Waals surface area contributed by atoms with E-state index < -0.39 is 0 Å². The number of hydrogen-bond donors (Lipinski definition) is 1. The molecule has 2 rings (SSSR count). The Hall–Kier alpha value is -0.710. The number of benzene rings is 1. The molecule has 1 aromatic carbocycles. The zero-order chi connectivity index (χ0) is 15.8. The average molecular weight is 357 g/mol. The highest BCUT2D eigenvalue weighted by atomic mass is 35.5. The number of nitrogens with zero attached hydrogens (tertiary/aromatic N) is 1. The molecule has 1 N–H and O–H groups in total.